The Morgan fingerprint density at radius 3 is 1.15 bits per heavy atom. The van der Waals surface area contributed by atoms with Crippen LogP contribution < -0.4 is 0 Å². The molecule has 0 aromatic rings. The highest BCUT2D eigenvalue weighted by Gasteiger charge is 2.19. The van der Waals surface area contributed by atoms with Crippen molar-refractivity contribution >= 4 is 17.9 Å². The third-order valence-electron chi connectivity index (χ3n) is 9.04. The lowest BCUT2D eigenvalue weighted by Gasteiger charge is -2.18. The van der Waals surface area contributed by atoms with E-state index >= 15 is 0 Å². The van der Waals surface area contributed by atoms with Crippen molar-refractivity contribution in [2.75, 3.05) is 13.2 Å². The smallest absolute Gasteiger partial charge is 0.306 e. The molecule has 0 fully saturated rings. The molecule has 0 N–H and O–H groups in total. The van der Waals surface area contributed by atoms with Crippen LogP contribution in [0.5, 0.6) is 0 Å². The Labute approximate surface area is 326 Å². The van der Waals surface area contributed by atoms with Gasteiger partial charge in [0.1, 0.15) is 13.2 Å². The van der Waals surface area contributed by atoms with Crippen LogP contribution in [0.1, 0.15) is 201 Å². The van der Waals surface area contributed by atoms with Crippen LogP contribution in [-0.2, 0) is 28.6 Å². The summed E-state index contributed by atoms with van der Waals surface area (Å²) in [5, 5.41) is 0. The summed E-state index contributed by atoms with van der Waals surface area (Å²) in [6.45, 7) is 6.38. The maximum absolute atomic E-state index is 12.6. The van der Waals surface area contributed by atoms with Crippen LogP contribution in [-0.4, -0.2) is 37.2 Å². The Hall–Kier alpha value is -2.89. The minimum absolute atomic E-state index is 0.0809. The lowest BCUT2D eigenvalue weighted by molar-refractivity contribution is -0.167. The van der Waals surface area contributed by atoms with Crippen LogP contribution in [0, 0.1) is 0 Å². The van der Waals surface area contributed by atoms with Gasteiger partial charge in [-0.3, -0.25) is 14.4 Å². The molecule has 0 amide bonds. The van der Waals surface area contributed by atoms with E-state index in [0.29, 0.717) is 19.3 Å². The summed E-state index contributed by atoms with van der Waals surface area (Å²) in [5.74, 6) is -0.922. The van der Waals surface area contributed by atoms with Crippen LogP contribution in [0.25, 0.3) is 0 Å². The fourth-order valence-corrected chi connectivity index (χ4v) is 5.76. The van der Waals surface area contributed by atoms with Gasteiger partial charge in [0.15, 0.2) is 6.10 Å². The topological polar surface area (TPSA) is 78.9 Å². The monoisotopic (exact) mass is 741 g/mol. The Morgan fingerprint density at radius 2 is 0.736 bits per heavy atom. The fourth-order valence-electron chi connectivity index (χ4n) is 5.76. The molecule has 0 rings (SSSR count). The minimum Gasteiger partial charge on any atom is -0.462 e. The van der Waals surface area contributed by atoms with Gasteiger partial charge >= 0.3 is 17.9 Å². The van der Waals surface area contributed by atoms with Gasteiger partial charge in [0.25, 0.3) is 0 Å². The van der Waals surface area contributed by atoms with Gasteiger partial charge in [-0.1, -0.05) is 178 Å². The van der Waals surface area contributed by atoms with Gasteiger partial charge < -0.3 is 14.2 Å². The number of unbranched alkanes of at least 4 members (excludes halogenated alkanes) is 17. The van der Waals surface area contributed by atoms with E-state index in [4.69, 9.17) is 14.2 Å². The van der Waals surface area contributed by atoms with Crippen molar-refractivity contribution in [1.82, 2.24) is 0 Å². The standard InChI is InChI=1S/C47H80O6/c1-4-7-10-13-15-17-18-19-20-21-22-23-24-25-26-27-28-30-31-34-37-40-46(49)52-43-44(42-51-45(48)39-36-33-12-9-6-3)53-47(50)41-38-35-32-29-16-14-11-8-5-2/h7,10,15,17,19-20,22-23,25-26,44H,4-6,8-9,11-14,16,18,21,24,27-43H2,1-3H3/b10-7-,17-15-,20-19-,23-22-,26-25-. The van der Waals surface area contributed by atoms with Crippen LogP contribution in [0.3, 0.4) is 0 Å². The van der Waals surface area contributed by atoms with E-state index in [1.807, 2.05) is 0 Å². The van der Waals surface area contributed by atoms with Gasteiger partial charge in [0, 0.05) is 19.3 Å². The average Bonchev–Trinajstić information content (AvgIpc) is 3.15. The molecule has 0 aliphatic rings. The molecule has 6 nitrogen and oxygen atoms in total. The van der Waals surface area contributed by atoms with E-state index in [0.717, 1.165) is 116 Å². The van der Waals surface area contributed by atoms with Crippen LogP contribution in [0.4, 0.5) is 0 Å². The second kappa shape index (κ2) is 41.9. The number of ether oxygens (including phenoxy) is 3. The van der Waals surface area contributed by atoms with E-state index in [1.54, 1.807) is 0 Å². The largest absolute Gasteiger partial charge is 0.462 e. The Morgan fingerprint density at radius 1 is 0.396 bits per heavy atom. The van der Waals surface area contributed by atoms with Crippen molar-refractivity contribution in [3.05, 3.63) is 60.8 Å². The predicted molar refractivity (Wildman–Crippen MR) is 224 cm³/mol. The van der Waals surface area contributed by atoms with Crippen molar-refractivity contribution in [2.24, 2.45) is 0 Å². The van der Waals surface area contributed by atoms with Gasteiger partial charge in [-0.2, -0.15) is 0 Å². The van der Waals surface area contributed by atoms with Crippen LogP contribution in [0.15, 0.2) is 60.8 Å². The first-order valence-corrected chi connectivity index (χ1v) is 21.8. The molecular formula is C47H80O6. The lowest BCUT2D eigenvalue weighted by Crippen LogP contribution is -2.30. The molecule has 0 aromatic carbocycles. The molecule has 0 bridgehead atoms. The van der Waals surface area contributed by atoms with E-state index in [2.05, 4.69) is 81.5 Å². The van der Waals surface area contributed by atoms with Crippen molar-refractivity contribution < 1.29 is 28.6 Å². The Kier molecular flexibility index (Phi) is 39.6. The molecule has 0 radical (unpaired) electrons. The van der Waals surface area contributed by atoms with Crippen molar-refractivity contribution in [2.45, 2.75) is 207 Å². The number of carbonyl (C=O) groups excluding carboxylic acids is 3. The van der Waals surface area contributed by atoms with Gasteiger partial charge in [-0.05, 0) is 64.2 Å². The molecule has 0 saturated carbocycles. The van der Waals surface area contributed by atoms with Gasteiger partial charge in [0.05, 0.1) is 0 Å². The van der Waals surface area contributed by atoms with E-state index in [-0.39, 0.29) is 31.1 Å². The molecule has 0 saturated heterocycles. The number of hydrogen-bond acceptors (Lipinski definition) is 6. The molecule has 1 atom stereocenters. The highest BCUT2D eigenvalue weighted by Crippen LogP contribution is 2.13. The summed E-state index contributed by atoms with van der Waals surface area (Å²) in [5.41, 5.74) is 0. The average molecular weight is 741 g/mol. The summed E-state index contributed by atoms with van der Waals surface area (Å²) in [6.07, 6.45) is 49.5. The predicted octanol–water partition coefficient (Wildman–Crippen LogP) is 13.7. The Bertz CT molecular complexity index is 991. The first-order chi connectivity index (χ1) is 26.0. The Balaban J connectivity index is 4.20. The molecule has 0 heterocycles. The highest BCUT2D eigenvalue weighted by atomic mass is 16.6. The minimum atomic E-state index is -0.773. The number of carbonyl (C=O) groups is 3. The third kappa shape index (κ3) is 40.1. The number of esters is 3. The SMILES string of the molecule is CC/C=C\C/C=C\C/C=C\C/C=C\C/C=C\CCCCCCCC(=O)OCC(COC(=O)CCCCCCC)OC(=O)CCCCCCCCCCC. The number of hydrogen-bond donors (Lipinski definition) is 0. The third-order valence-corrected chi connectivity index (χ3v) is 9.04. The number of allylic oxidation sites excluding steroid dienone is 10. The van der Waals surface area contributed by atoms with Crippen molar-refractivity contribution in [3.63, 3.8) is 0 Å². The van der Waals surface area contributed by atoms with Gasteiger partial charge in [-0.25, -0.2) is 0 Å². The molecule has 0 aromatic heterocycles. The first-order valence-electron chi connectivity index (χ1n) is 21.8. The summed E-state index contributed by atoms with van der Waals surface area (Å²) < 4.78 is 16.5. The summed E-state index contributed by atoms with van der Waals surface area (Å²) in [6, 6.07) is 0. The molecule has 1 unspecified atom stereocenters. The van der Waals surface area contributed by atoms with Gasteiger partial charge in [0.2, 0.25) is 0 Å². The summed E-state index contributed by atoms with van der Waals surface area (Å²) in [7, 11) is 0. The highest BCUT2D eigenvalue weighted by molar-refractivity contribution is 5.71. The molecule has 53 heavy (non-hydrogen) atoms. The molecular weight excluding hydrogens is 661 g/mol. The van der Waals surface area contributed by atoms with Crippen LogP contribution >= 0.6 is 0 Å². The van der Waals surface area contributed by atoms with E-state index in [9.17, 15) is 14.4 Å². The molecule has 304 valence electrons. The van der Waals surface area contributed by atoms with Gasteiger partial charge in [-0.15, -0.1) is 0 Å². The first kappa shape index (κ1) is 50.1. The summed E-state index contributed by atoms with van der Waals surface area (Å²) in [4.78, 5) is 37.3. The zero-order valence-corrected chi connectivity index (χ0v) is 34.5. The fraction of sp³-hybridized carbons (Fsp3) is 0.723. The lowest BCUT2D eigenvalue weighted by atomic mass is 10.1. The van der Waals surface area contributed by atoms with Crippen molar-refractivity contribution in [3.8, 4) is 0 Å². The van der Waals surface area contributed by atoms with E-state index in [1.165, 1.54) is 44.9 Å². The zero-order chi connectivity index (χ0) is 38.7. The second-order valence-electron chi connectivity index (χ2n) is 14.2. The normalized spacial score (nSPS) is 12.6. The van der Waals surface area contributed by atoms with Crippen molar-refractivity contribution in [1.29, 1.82) is 0 Å². The van der Waals surface area contributed by atoms with Crippen LogP contribution in [0.2, 0.25) is 0 Å². The van der Waals surface area contributed by atoms with E-state index < -0.39 is 6.10 Å². The molecule has 0 spiro atoms. The number of rotatable bonds is 38. The zero-order valence-electron chi connectivity index (χ0n) is 34.5. The quantitative estimate of drug-likeness (QED) is 0.0271. The summed E-state index contributed by atoms with van der Waals surface area (Å²) >= 11 is 0. The molecule has 0 aliphatic heterocycles. The molecule has 0 aliphatic carbocycles. The maximum atomic E-state index is 12.6. The maximum Gasteiger partial charge on any atom is 0.306 e. The molecule has 6 heteroatoms. The second-order valence-corrected chi connectivity index (χ2v) is 14.2.